The van der Waals surface area contributed by atoms with Crippen LogP contribution >= 0.6 is 11.3 Å². The standard InChI is InChI=1S/C12H16N4O2S2/c1-9-15-10(8-19-9)7-16(3)20(17,18)11-4-5-14-12(6-11)13-2/h4-6,8H,7H2,1-3H3,(H,13,14). The maximum atomic E-state index is 12.5. The lowest BCUT2D eigenvalue weighted by molar-refractivity contribution is 0.462. The highest BCUT2D eigenvalue weighted by Crippen LogP contribution is 2.19. The van der Waals surface area contributed by atoms with E-state index in [1.54, 1.807) is 14.1 Å². The summed E-state index contributed by atoms with van der Waals surface area (Å²) in [5.74, 6) is 0.518. The van der Waals surface area contributed by atoms with E-state index in [0.717, 1.165) is 10.7 Å². The average molecular weight is 312 g/mol. The van der Waals surface area contributed by atoms with Gasteiger partial charge in [0, 0.05) is 31.7 Å². The second kappa shape index (κ2) is 5.86. The molecule has 1 N–H and O–H groups in total. The van der Waals surface area contributed by atoms with Gasteiger partial charge in [0.1, 0.15) is 5.82 Å². The number of rotatable bonds is 5. The van der Waals surface area contributed by atoms with Crippen LogP contribution in [0.5, 0.6) is 0 Å². The van der Waals surface area contributed by atoms with Crippen LogP contribution in [-0.4, -0.2) is 36.8 Å². The van der Waals surface area contributed by atoms with Crippen molar-refractivity contribution < 1.29 is 8.42 Å². The Morgan fingerprint density at radius 3 is 2.80 bits per heavy atom. The number of hydrogen-bond donors (Lipinski definition) is 1. The Labute approximate surface area is 122 Å². The number of anilines is 1. The molecule has 2 heterocycles. The van der Waals surface area contributed by atoms with Crippen molar-refractivity contribution in [2.75, 3.05) is 19.4 Å². The van der Waals surface area contributed by atoms with E-state index in [1.807, 2.05) is 12.3 Å². The Morgan fingerprint density at radius 1 is 1.45 bits per heavy atom. The molecule has 2 aromatic rings. The van der Waals surface area contributed by atoms with Crippen LogP contribution in [0.25, 0.3) is 0 Å². The highest BCUT2D eigenvalue weighted by Gasteiger charge is 2.22. The van der Waals surface area contributed by atoms with Gasteiger partial charge in [0.2, 0.25) is 10.0 Å². The van der Waals surface area contributed by atoms with Crippen molar-refractivity contribution in [1.82, 2.24) is 14.3 Å². The van der Waals surface area contributed by atoms with Crippen LogP contribution < -0.4 is 5.32 Å². The zero-order valence-electron chi connectivity index (χ0n) is 11.5. The van der Waals surface area contributed by atoms with Gasteiger partial charge in [-0.2, -0.15) is 4.31 Å². The normalized spacial score (nSPS) is 11.8. The first-order chi connectivity index (χ1) is 9.43. The number of pyridine rings is 1. The molecule has 0 unspecified atom stereocenters. The zero-order valence-corrected chi connectivity index (χ0v) is 13.1. The molecule has 0 bridgehead atoms. The van der Waals surface area contributed by atoms with Gasteiger partial charge >= 0.3 is 0 Å². The van der Waals surface area contributed by atoms with Crippen LogP contribution in [0.15, 0.2) is 28.6 Å². The van der Waals surface area contributed by atoms with Crippen molar-refractivity contribution in [1.29, 1.82) is 0 Å². The molecule has 0 radical (unpaired) electrons. The first kappa shape index (κ1) is 14.9. The van der Waals surface area contributed by atoms with Crippen molar-refractivity contribution in [3.63, 3.8) is 0 Å². The van der Waals surface area contributed by atoms with Crippen LogP contribution in [0.4, 0.5) is 5.82 Å². The van der Waals surface area contributed by atoms with Gasteiger partial charge in [-0.1, -0.05) is 0 Å². The van der Waals surface area contributed by atoms with Crippen molar-refractivity contribution in [3.8, 4) is 0 Å². The Bertz CT molecular complexity index is 697. The lowest BCUT2D eigenvalue weighted by Gasteiger charge is -2.16. The third-order valence-corrected chi connectivity index (χ3v) is 5.37. The molecule has 0 spiro atoms. The second-order valence-corrected chi connectivity index (χ2v) is 7.35. The van der Waals surface area contributed by atoms with Crippen molar-refractivity contribution in [3.05, 3.63) is 34.4 Å². The second-order valence-electron chi connectivity index (χ2n) is 4.25. The molecule has 2 rings (SSSR count). The highest BCUT2D eigenvalue weighted by atomic mass is 32.2. The predicted molar refractivity (Wildman–Crippen MR) is 79.3 cm³/mol. The van der Waals surface area contributed by atoms with E-state index in [1.165, 1.54) is 34.0 Å². The van der Waals surface area contributed by atoms with Gasteiger partial charge in [0.05, 0.1) is 22.1 Å². The van der Waals surface area contributed by atoms with E-state index in [0.29, 0.717) is 5.82 Å². The van der Waals surface area contributed by atoms with Crippen molar-refractivity contribution >= 4 is 27.2 Å². The van der Waals surface area contributed by atoms with E-state index in [9.17, 15) is 8.42 Å². The van der Waals surface area contributed by atoms with Gasteiger partial charge < -0.3 is 5.32 Å². The fourth-order valence-corrected chi connectivity index (χ4v) is 3.44. The molecular weight excluding hydrogens is 296 g/mol. The summed E-state index contributed by atoms with van der Waals surface area (Å²) >= 11 is 1.51. The minimum absolute atomic E-state index is 0.214. The Kier molecular flexibility index (Phi) is 4.36. The molecule has 2 aromatic heterocycles. The lowest BCUT2D eigenvalue weighted by atomic mass is 10.5. The number of nitrogens with one attached hydrogen (secondary N) is 1. The fraction of sp³-hybridized carbons (Fsp3) is 0.333. The molecule has 0 saturated carbocycles. The van der Waals surface area contributed by atoms with Crippen LogP contribution in [0, 0.1) is 6.92 Å². The summed E-state index contributed by atoms with van der Waals surface area (Å²) in [4.78, 5) is 8.51. The van der Waals surface area contributed by atoms with Crippen LogP contribution in [0.1, 0.15) is 10.7 Å². The third-order valence-electron chi connectivity index (χ3n) is 2.75. The molecule has 20 heavy (non-hydrogen) atoms. The van der Waals surface area contributed by atoms with Gasteiger partial charge in [-0.05, 0) is 13.0 Å². The number of thiazole rings is 1. The number of sulfonamides is 1. The van der Waals surface area contributed by atoms with E-state index >= 15 is 0 Å². The summed E-state index contributed by atoms with van der Waals surface area (Å²) in [7, 11) is -0.302. The van der Waals surface area contributed by atoms with Crippen LogP contribution in [0.2, 0.25) is 0 Å². The van der Waals surface area contributed by atoms with E-state index < -0.39 is 10.0 Å². The molecule has 0 saturated heterocycles. The SMILES string of the molecule is CNc1cc(S(=O)(=O)N(C)Cc2csc(C)n2)ccn1. The summed E-state index contributed by atoms with van der Waals surface area (Å²) in [6, 6.07) is 3.00. The van der Waals surface area contributed by atoms with Crippen molar-refractivity contribution in [2.24, 2.45) is 0 Å². The molecule has 0 atom stereocenters. The minimum atomic E-state index is -3.54. The van der Waals surface area contributed by atoms with Gasteiger partial charge in [-0.3, -0.25) is 0 Å². The Morgan fingerprint density at radius 2 is 2.20 bits per heavy atom. The smallest absolute Gasteiger partial charge is 0.243 e. The molecule has 108 valence electrons. The molecule has 0 aliphatic rings. The summed E-state index contributed by atoms with van der Waals surface area (Å²) in [5, 5.41) is 5.62. The summed E-state index contributed by atoms with van der Waals surface area (Å²) in [6.45, 7) is 2.15. The first-order valence-corrected chi connectivity index (χ1v) is 8.26. The monoisotopic (exact) mass is 312 g/mol. The summed E-state index contributed by atoms with van der Waals surface area (Å²) < 4.78 is 26.2. The topological polar surface area (TPSA) is 75.2 Å². The quantitative estimate of drug-likeness (QED) is 0.909. The average Bonchev–Trinajstić information content (AvgIpc) is 2.84. The molecule has 0 amide bonds. The third kappa shape index (κ3) is 3.14. The summed E-state index contributed by atoms with van der Waals surface area (Å²) in [6.07, 6.45) is 1.47. The lowest BCUT2D eigenvalue weighted by Crippen LogP contribution is -2.26. The minimum Gasteiger partial charge on any atom is -0.373 e. The van der Waals surface area contributed by atoms with Crippen LogP contribution in [0.3, 0.4) is 0 Å². The maximum Gasteiger partial charge on any atom is 0.243 e. The van der Waals surface area contributed by atoms with E-state index in [-0.39, 0.29) is 11.4 Å². The fourth-order valence-electron chi connectivity index (χ4n) is 1.68. The van der Waals surface area contributed by atoms with E-state index in [4.69, 9.17) is 0 Å². The van der Waals surface area contributed by atoms with Gasteiger partial charge in [0.25, 0.3) is 0 Å². The molecule has 6 nitrogen and oxygen atoms in total. The highest BCUT2D eigenvalue weighted by molar-refractivity contribution is 7.89. The molecule has 0 aliphatic carbocycles. The Hall–Kier alpha value is -1.51. The Balaban J connectivity index is 2.24. The predicted octanol–water partition coefficient (Wildman–Crippen LogP) is 1.71. The first-order valence-electron chi connectivity index (χ1n) is 5.94. The number of aryl methyl sites for hydroxylation is 1. The number of hydrogen-bond acceptors (Lipinski definition) is 6. The van der Waals surface area contributed by atoms with E-state index in [2.05, 4.69) is 15.3 Å². The van der Waals surface area contributed by atoms with Gasteiger partial charge in [0.15, 0.2) is 0 Å². The van der Waals surface area contributed by atoms with Gasteiger partial charge in [-0.15, -0.1) is 11.3 Å². The molecule has 8 heteroatoms. The molecule has 0 fully saturated rings. The number of nitrogens with zero attached hydrogens (tertiary/aromatic N) is 3. The molecule has 0 aromatic carbocycles. The summed E-state index contributed by atoms with van der Waals surface area (Å²) in [5.41, 5.74) is 0.751. The number of aromatic nitrogens is 2. The molecule has 0 aliphatic heterocycles. The zero-order chi connectivity index (χ0) is 14.8. The largest absolute Gasteiger partial charge is 0.373 e. The van der Waals surface area contributed by atoms with Gasteiger partial charge in [-0.25, -0.2) is 18.4 Å². The maximum absolute atomic E-state index is 12.5. The molecular formula is C12H16N4O2S2. The van der Waals surface area contributed by atoms with Crippen molar-refractivity contribution in [2.45, 2.75) is 18.4 Å². The van der Waals surface area contributed by atoms with Crippen LogP contribution in [-0.2, 0) is 16.6 Å².